The Labute approximate surface area is 348 Å². The number of hydrogen-bond donors (Lipinski definition) is 1. The molecule has 2 aromatic rings. The predicted molar refractivity (Wildman–Crippen MR) is 214 cm³/mol. The number of nitrogens with one attached hydrogen (secondary N) is 1. The molecular weight excluding hydrogens is 803 g/mol. The van der Waals surface area contributed by atoms with Crippen LogP contribution in [0.5, 0.6) is 11.8 Å². The van der Waals surface area contributed by atoms with Gasteiger partial charge in [0.25, 0.3) is 11.6 Å². The normalized spacial score (nSPS) is 32.8. The molecule has 0 radical (unpaired) electrons. The Bertz CT molecular complexity index is 2260. The van der Waals surface area contributed by atoms with Crippen molar-refractivity contribution < 1.29 is 50.6 Å². The molecule has 9 atom stereocenters. The molecule has 0 spiro atoms. The van der Waals surface area contributed by atoms with Crippen LogP contribution in [0.2, 0.25) is 0 Å². The fourth-order valence-electron chi connectivity index (χ4n) is 10.1. The number of Topliss-reactive ketones (excluding diaryl/α,β-unsaturated/α-hetero) is 1. The van der Waals surface area contributed by atoms with Gasteiger partial charge in [0, 0.05) is 31.4 Å². The number of nitrogens with zero attached hydrogens (tertiary/aromatic N) is 3. The minimum atomic E-state index is -4.21. The molecule has 1 aromatic carbocycles. The average molecular weight is 859 g/mol. The number of sulfonamides is 1. The molecule has 1 saturated heterocycles. The van der Waals surface area contributed by atoms with Crippen molar-refractivity contribution in [1.29, 1.82) is 0 Å². The zero-order valence-electron chi connectivity index (χ0n) is 34.9. The molecule has 3 heterocycles. The number of hydrogen-bond acceptors (Lipinski definition) is 11. The number of methoxy groups -OCH3 is 1. The molecule has 2 aliphatic heterocycles. The first-order valence-electron chi connectivity index (χ1n) is 21.4. The van der Waals surface area contributed by atoms with Crippen LogP contribution in [-0.2, 0) is 40.5 Å². The third-order valence-electron chi connectivity index (χ3n) is 14.5. The molecular formula is C43H56F2N4O10S. The second-order valence-corrected chi connectivity index (χ2v) is 21.8. The number of fused-ring (bicyclic) bond motifs is 7. The highest BCUT2D eigenvalue weighted by atomic mass is 32.2. The number of aromatic nitrogens is 2. The van der Waals surface area contributed by atoms with Gasteiger partial charge in [-0.1, -0.05) is 33.6 Å². The molecule has 4 aliphatic carbocycles. The zero-order valence-corrected chi connectivity index (χ0v) is 35.7. The molecule has 1 aromatic heterocycles. The van der Waals surface area contributed by atoms with Gasteiger partial charge in [-0.05, 0) is 87.2 Å². The molecule has 17 heteroatoms. The topological polar surface area (TPSA) is 180 Å². The number of amides is 2. The van der Waals surface area contributed by atoms with Crippen molar-refractivity contribution in [2.75, 3.05) is 13.7 Å². The molecule has 2 amide bonds. The van der Waals surface area contributed by atoms with Gasteiger partial charge < -0.3 is 19.1 Å². The summed E-state index contributed by atoms with van der Waals surface area (Å²) in [4.78, 5) is 77.0. The highest BCUT2D eigenvalue weighted by Gasteiger charge is 2.67. The molecule has 6 aliphatic rings. The summed E-state index contributed by atoms with van der Waals surface area (Å²) >= 11 is 0. The number of carbonyl (C=O) groups excluding carboxylic acids is 4. The highest BCUT2D eigenvalue weighted by molar-refractivity contribution is 7.91. The van der Waals surface area contributed by atoms with Crippen molar-refractivity contribution in [3.8, 4) is 11.8 Å². The summed E-state index contributed by atoms with van der Waals surface area (Å²) in [7, 11) is -2.72. The van der Waals surface area contributed by atoms with E-state index in [1.54, 1.807) is 18.2 Å². The molecule has 1 N–H and O–H groups in total. The van der Waals surface area contributed by atoms with Crippen molar-refractivity contribution in [1.82, 2.24) is 19.2 Å². The van der Waals surface area contributed by atoms with Gasteiger partial charge in [0.2, 0.25) is 28.3 Å². The molecule has 2 bridgehead atoms. The second-order valence-electron chi connectivity index (χ2n) is 19.6. The van der Waals surface area contributed by atoms with E-state index in [1.807, 2.05) is 25.5 Å². The number of esters is 1. The summed E-state index contributed by atoms with van der Waals surface area (Å²) in [5.74, 6) is -3.79. The van der Waals surface area contributed by atoms with Crippen LogP contribution in [0.1, 0.15) is 105 Å². The number of benzene rings is 1. The molecule has 328 valence electrons. The molecule has 14 nitrogen and oxygen atoms in total. The van der Waals surface area contributed by atoms with Crippen LogP contribution in [0.4, 0.5) is 8.78 Å². The quantitative estimate of drug-likeness (QED) is 0.346. The molecule has 0 unspecified atom stereocenters. The van der Waals surface area contributed by atoms with Gasteiger partial charge in [-0.3, -0.25) is 33.3 Å². The maximum absolute atomic E-state index is 14.9. The number of rotatable bonds is 8. The highest BCUT2D eigenvalue weighted by Crippen LogP contribution is 2.60. The van der Waals surface area contributed by atoms with Crippen molar-refractivity contribution in [2.45, 2.75) is 141 Å². The van der Waals surface area contributed by atoms with Crippen molar-refractivity contribution in [3.63, 3.8) is 0 Å². The molecule has 5 fully saturated rings. The first-order chi connectivity index (χ1) is 28.2. The van der Waals surface area contributed by atoms with E-state index in [2.05, 4.69) is 0 Å². The largest absolute Gasteiger partial charge is 0.497 e. The third kappa shape index (κ3) is 7.92. The smallest absolute Gasteiger partial charge is 0.306 e. The Hall–Kier alpha value is -4.15. The van der Waals surface area contributed by atoms with Crippen LogP contribution in [-0.4, -0.2) is 89.5 Å². The van der Waals surface area contributed by atoms with Gasteiger partial charge in [0.05, 0.1) is 53.1 Å². The lowest BCUT2D eigenvalue weighted by atomic mass is 9.77. The SMILES string of the molecule is COc1ccc2c(=O)n3c(nc2c1)O[C@@H]1C[C@@H](C(=O)C[C@]2(C(=O)NS(=O)(=O)C4(C)CC4)C[C@H]2C(F)F)N(C1)C(=O)[C@H](C(C)(C)C)CC(=O)O[C@@H]1C[C@@H]2C[C@@H]2[C@H]1CCCCC3. The molecule has 4 saturated carbocycles. The summed E-state index contributed by atoms with van der Waals surface area (Å²) in [6, 6.07) is 3.61. The van der Waals surface area contributed by atoms with Gasteiger partial charge in [0.1, 0.15) is 18.0 Å². The number of carbonyl (C=O) groups is 4. The Balaban J connectivity index is 1.15. The molecule has 60 heavy (non-hydrogen) atoms. The maximum Gasteiger partial charge on any atom is 0.306 e. The summed E-state index contributed by atoms with van der Waals surface area (Å²) in [6.07, 6.45) is -0.101. The van der Waals surface area contributed by atoms with E-state index in [9.17, 15) is 41.2 Å². The van der Waals surface area contributed by atoms with Crippen LogP contribution in [0, 0.1) is 40.4 Å². The van der Waals surface area contributed by atoms with Crippen LogP contribution in [0.3, 0.4) is 0 Å². The van der Waals surface area contributed by atoms with E-state index in [-0.39, 0.29) is 49.5 Å². The zero-order chi connectivity index (χ0) is 43.1. The van der Waals surface area contributed by atoms with Crippen molar-refractivity contribution in [3.05, 3.63) is 28.6 Å². The van der Waals surface area contributed by atoms with Crippen molar-refractivity contribution in [2.24, 2.45) is 40.4 Å². The predicted octanol–water partition coefficient (Wildman–Crippen LogP) is 5.18. The standard InChI is InChI=1S/C43H56F2N4O10S/c1-41(2,3)29-19-35(51)59-34-16-23-15-28(23)26(34)9-7-6-8-14-48-37(52)27-11-10-24(57-5)17-31(27)46-40(48)58-25-18-32(49(22-25)38(29)53)33(50)21-43(20-30(43)36(44)45)39(54)47-60(55,56)42(4)12-13-42/h10-11,17,23,25-26,28-30,32,34,36H,6-9,12-16,18-22H2,1-5H3,(H,47,54)/t23-,25+,26+,28-,29+,30-,32-,34+,43+/m0/s1. The lowest BCUT2D eigenvalue weighted by molar-refractivity contribution is -0.158. The Kier molecular flexibility index (Phi) is 10.9. The van der Waals surface area contributed by atoms with Crippen LogP contribution in [0.25, 0.3) is 10.9 Å². The molecule has 8 rings (SSSR count). The third-order valence-corrected chi connectivity index (χ3v) is 16.6. The van der Waals surface area contributed by atoms with E-state index in [0.29, 0.717) is 47.8 Å². The Morgan fingerprint density at radius 2 is 1.80 bits per heavy atom. The van der Waals surface area contributed by atoms with Crippen LogP contribution >= 0.6 is 0 Å². The first-order valence-corrected chi connectivity index (χ1v) is 22.9. The minimum Gasteiger partial charge on any atom is -0.497 e. The van der Waals surface area contributed by atoms with E-state index in [4.69, 9.17) is 19.2 Å². The van der Waals surface area contributed by atoms with Gasteiger partial charge in [-0.15, -0.1) is 0 Å². The van der Waals surface area contributed by atoms with Gasteiger partial charge >= 0.3 is 5.97 Å². The average Bonchev–Trinajstić information content (AvgIpc) is 4.14. The number of ketones is 1. The van der Waals surface area contributed by atoms with Gasteiger partial charge in [0.15, 0.2) is 5.78 Å². The van der Waals surface area contributed by atoms with Crippen LogP contribution < -0.4 is 19.8 Å². The van der Waals surface area contributed by atoms with E-state index < -0.39 is 92.4 Å². The number of alkyl halides is 2. The summed E-state index contributed by atoms with van der Waals surface area (Å²) in [5.41, 5.74) is -2.82. The van der Waals surface area contributed by atoms with Gasteiger partial charge in [-0.2, -0.15) is 4.98 Å². The minimum absolute atomic E-state index is 0.0189. The number of halogens is 2. The van der Waals surface area contributed by atoms with Crippen molar-refractivity contribution >= 4 is 44.5 Å². The second kappa shape index (κ2) is 15.3. The fraction of sp³-hybridized carbons (Fsp3) is 0.721. The lowest BCUT2D eigenvalue weighted by Gasteiger charge is -2.35. The van der Waals surface area contributed by atoms with Crippen LogP contribution in [0.15, 0.2) is 23.0 Å². The Morgan fingerprint density at radius 3 is 2.47 bits per heavy atom. The monoisotopic (exact) mass is 858 g/mol. The lowest BCUT2D eigenvalue weighted by Crippen LogP contribution is -2.49. The first kappa shape index (κ1) is 42.5. The van der Waals surface area contributed by atoms with E-state index in [1.165, 1.54) is 23.5 Å². The fourth-order valence-corrected chi connectivity index (χ4v) is 11.5. The summed E-state index contributed by atoms with van der Waals surface area (Å²) < 4.78 is 75.1. The Morgan fingerprint density at radius 1 is 1.05 bits per heavy atom. The maximum atomic E-state index is 14.9. The summed E-state index contributed by atoms with van der Waals surface area (Å²) in [5, 5.41) is 0.351. The van der Waals surface area contributed by atoms with E-state index >= 15 is 0 Å². The van der Waals surface area contributed by atoms with Gasteiger partial charge in [-0.25, -0.2) is 17.2 Å². The number of ether oxygens (including phenoxy) is 3. The summed E-state index contributed by atoms with van der Waals surface area (Å²) in [6.45, 7) is 6.99. The van der Waals surface area contributed by atoms with E-state index in [0.717, 1.165) is 32.1 Å².